The highest BCUT2D eigenvalue weighted by Gasteiger charge is 2.22. The van der Waals surface area contributed by atoms with E-state index in [1.165, 1.54) is 12.1 Å². The van der Waals surface area contributed by atoms with Crippen LogP contribution in [0.2, 0.25) is 0 Å². The first kappa shape index (κ1) is 15.1. The van der Waals surface area contributed by atoms with Gasteiger partial charge >= 0.3 is 0 Å². The summed E-state index contributed by atoms with van der Waals surface area (Å²) in [5, 5.41) is 9.62. The van der Waals surface area contributed by atoms with Gasteiger partial charge in [0.05, 0.1) is 6.10 Å². The van der Waals surface area contributed by atoms with E-state index < -0.39 is 0 Å². The average Bonchev–Trinajstić information content (AvgIpc) is 2.96. The zero-order valence-electron chi connectivity index (χ0n) is 12.4. The molecule has 0 bridgehead atoms. The summed E-state index contributed by atoms with van der Waals surface area (Å²) in [5.41, 5.74) is 2.20. The Morgan fingerprint density at radius 3 is 2.50 bits per heavy atom. The predicted molar refractivity (Wildman–Crippen MR) is 83.8 cm³/mol. The highest BCUT2D eigenvalue weighted by Crippen LogP contribution is 2.28. The first-order valence-corrected chi connectivity index (χ1v) is 7.61. The second-order valence-corrected chi connectivity index (χ2v) is 5.75. The number of aliphatic hydroxyl groups is 1. The summed E-state index contributed by atoms with van der Waals surface area (Å²) in [6.45, 7) is 2.45. The first-order valence-electron chi connectivity index (χ1n) is 7.61. The van der Waals surface area contributed by atoms with Crippen molar-refractivity contribution in [2.45, 2.75) is 18.4 Å². The Morgan fingerprint density at radius 2 is 1.86 bits per heavy atom. The maximum Gasteiger partial charge on any atom is 0.123 e. The van der Waals surface area contributed by atoms with E-state index in [4.69, 9.17) is 0 Å². The molecular formula is C18H20FN2O. The lowest BCUT2D eigenvalue weighted by molar-refractivity contribution is 0.178. The Labute approximate surface area is 130 Å². The Morgan fingerprint density at radius 1 is 1.18 bits per heavy atom. The van der Waals surface area contributed by atoms with E-state index in [1.807, 2.05) is 24.3 Å². The van der Waals surface area contributed by atoms with E-state index in [-0.39, 0.29) is 17.8 Å². The molecule has 2 heterocycles. The van der Waals surface area contributed by atoms with Gasteiger partial charge in [0.2, 0.25) is 0 Å². The second-order valence-electron chi connectivity index (χ2n) is 5.75. The van der Waals surface area contributed by atoms with Crippen LogP contribution >= 0.6 is 0 Å². The Bertz CT molecular complexity index is 588. The molecule has 2 aromatic rings. The lowest BCUT2D eigenvalue weighted by atomic mass is 9.89. The third-order valence-electron chi connectivity index (χ3n) is 4.14. The van der Waals surface area contributed by atoms with Gasteiger partial charge in [-0.2, -0.15) is 0 Å². The number of β-amino-alcohol motifs (C(OH)–C–C–N with tert-alkyl or cyclic N) is 1. The summed E-state index contributed by atoms with van der Waals surface area (Å²) in [6, 6.07) is 10.6. The number of pyridine rings is 1. The molecule has 115 valence electrons. The van der Waals surface area contributed by atoms with Gasteiger partial charge in [-0.15, -0.1) is 0 Å². The fourth-order valence-electron chi connectivity index (χ4n) is 2.94. The molecule has 1 fully saturated rings. The maximum absolute atomic E-state index is 13.2. The fourth-order valence-corrected chi connectivity index (χ4v) is 2.94. The van der Waals surface area contributed by atoms with Crippen molar-refractivity contribution in [1.29, 1.82) is 0 Å². The van der Waals surface area contributed by atoms with E-state index in [2.05, 4.69) is 16.3 Å². The number of aromatic nitrogens is 1. The van der Waals surface area contributed by atoms with Crippen molar-refractivity contribution in [2.75, 3.05) is 19.6 Å². The van der Waals surface area contributed by atoms with Gasteiger partial charge in [-0.3, -0.25) is 4.98 Å². The number of rotatable bonds is 5. The van der Waals surface area contributed by atoms with Crippen LogP contribution in [0.25, 0.3) is 0 Å². The number of hydrogen-bond acceptors (Lipinski definition) is 3. The third kappa shape index (κ3) is 3.70. The fraction of sp³-hybridized carbons (Fsp3) is 0.333. The smallest absolute Gasteiger partial charge is 0.123 e. The zero-order valence-corrected chi connectivity index (χ0v) is 12.4. The molecule has 0 amide bonds. The van der Waals surface area contributed by atoms with Crippen LogP contribution in [0, 0.1) is 12.2 Å². The molecule has 1 N–H and O–H groups in total. The lowest BCUT2D eigenvalue weighted by Crippen LogP contribution is -2.25. The maximum atomic E-state index is 13.2. The zero-order chi connectivity index (χ0) is 15.4. The third-order valence-corrected chi connectivity index (χ3v) is 4.14. The van der Waals surface area contributed by atoms with E-state index in [9.17, 15) is 9.50 Å². The highest BCUT2D eigenvalue weighted by atomic mass is 19.1. The summed E-state index contributed by atoms with van der Waals surface area (Å²) in [4.78, 5) is 6.30. The molecule has 0 saturated carbocycles. The first-order chi connectivity index (χ1) is 10.7. The van der Waals surface area contributed by atoms with Crippen molar-refractivity contribution in [1.82, 2.24) is 9.88 Å². The molecule has 0 aliphatic carbocycles. The molecule has 0 spiro atoms. The van der Waals surface area contributed by atoms with Gasteiger partial charge in [0.1, 0.15) is 5.82 Å². The molecule has 3 rings (SSSR count). The number of halogens is 1. The molecule has 4 heteroatoms. The summed E-state index contributed by atoms with van der Waals surface area (Å²) in [7, 11) is 0. The van der Waals surface area contributed by atoms with Crippen molar-refractivity contribution in [3.63, 3.8) is 0 Å². The summed E-state index contributed by atoms with van der Waals surface area (Å²) in [6.07, 6.45) is 6.40. The number of nitrogens with zero attached hydrogens (tertiary/aromatic N) is 2. The molecule has 22 heavy (non-hydrogen) atoms. The quantitative estimate of drug-likeness (QED) is 0.922. The Hall–Kier alpha value is -1.78. The standard InChI is InChI=1S/C18H20FN2O/c19-16-3-1-14(2-4-16)18(15-5-9-20-10-6-15)8-12-21-11-7-17(22)13-21/h1-6,8-10,17-18,22H,7,11-13H2. The van der Waals surface area contributed by atoms with Gasteiger partial charge in [0.25, 0.3) is 0 Å². The van der Waals surface area contributed by atoms with Crippen LogP contribution < -0.4 is 0 Å². The van der Waals surface area contributed by atoms with E-state index >= 15 is 0 Å². The molecule has 1 aliphatic heterocycles. The molecule has 2 unspecified atom stereocenters. The van der Waals surface area contributed by atoms with Crippen molar-refractivity contribution in [3.8, 4) is 0 Å². The number of aliphatic hydroxyl groups excluding tert-OH is 1. The summed E-state index contributed by atoms with van der Waals surface area (Å²) < 4.78 is 13.2. The van der Waals surface area contributed by atoms with Crippen molar-refractivity contribution < 1.29 is 9.50 Å². The molecular weight excluding hydrogens is 279 g/mol. The molecule has 3 nitrogen and oxygen atoms in total. The van der Waals surface area contributed by atoms with Gasteiger partial charge in [-0.1, -0.05) is 12.1 Å². The second kappa shape index (κ2) is 6.99. The minimum atomic E-state index is -0.222. The van der Waals surface area contributed by atoms with Gasteiger partial charge in [0.15, 0.2) is 0 Å². The van der Waals surface area contributed by atoms with Gasteiger partial charge < -0.3 is 10.0 Å². The van der Waals surface area contributed by atoms with Crippen molar-refractivity contribution in [3.05, 3.63) is 72.2 Å². The minimum absolute atomic E-state index is 0.0985. The Kier molecular flexibility index (Phi) is 4.80. The van der Waals surface area contributed by atoms with E-state index in [1.54, 1.807) is 12.4 Å². The molecule has 1 radical (unpaired) electrons. The SMILES string of the molecule is OC1CCN(C[CH]C(c2ccncc2)c2ccc(F)cc2)C1. The van der Waals surface area contributed by atoms with Gasteiger partial charge in [-0.25, -0.2) is 4.39 Å². The number of benzene rings is 1. The van der Waals surface area contributed by atoms with Crippen LogP contribution in [-0.2, 0) is 0 Å². The van der Waals surface area contributed by atoms with Crippen LogP contribution in [0.15, 0.2) is 48.8 Å². The molecule has 1 aliphatic rings. The normalized spacial score (nSPS) is 20.2. The van der Waals surface area contributed by atoms with Crippen molar-refractivity contribution in [2.24, 2.45) is 0 Å². The average molecular weight is 299 g/mol. The van der Waals surface area contributed by atoms with Crippen LogP contribution in [0.5, 0.6) is 0 Å². The van der Waals surface area contributed by atoms with Crippen molar-refractivity contribution >= 4 is 0 Å². The van der Waals surface area contributed by atoms with Crippen LogP contribution in [0.3, 0.4) is 0 Å². The Balaban J connectivity index is 1.76. The molecule has 1 aromatic carbocycles. The lowest BCUT2D eigenvalue weighted by Gasteiger charge is -2.21. The molecule has 1 aromatic heterocycles. The summed E-state index contributed by atoms with van der Waals surface area (Å²) in [5.74, 6) is -0.124. The largest absolute Gasteiger partial charge is 0.392 e. The van der Waals surface area contributed by atoms with E-state index in [0.29, 0.717) is 0 Å². The topological polar surface area (TPSA) is 36.4 Å². The minimum Gasteiger partial charge on any atom is -0.392 e. The number of likely N-dealkylation sites (tertiary alicyclic amines) is 1. The molecule has 1 saturated heterocycles. The van der Waals surface area contributed by atoms with Gasteiger partial charge in [-0.05, 0) is 48.2 Å². The highest BCUT2D eigenvalue weighted by molar-refractivity contribution is 5.34. The number of hydrogen-bond donors (Lipinski definition) is 1. The van der Waals surface area contributed by atoms with E-state index in [0.717, 1.165) is 37.2 Å². The molecule has 2 atom stereocenters. The van der Waals surface area contributed by atoms with Gasteiger partial charge in [0, 0.05) is 37.9 Å². The van der Waals surface area contributed by atoms with Crippen LogP contribution in [0.4, 0.5) is 4.39 Å². The van der Waals surface area contributed by atoms with Crippen LogP contribution in [-0.4, -0.2) is 40.7 Å². The predicted octanol–water partition coefficient (Wildman–Crippen LogP) is 2.62. The summed E-state index contributed by atoms with van der Waals surface area (Å²) >= 11 is 0. The monoisotopic (exact) mass is 299 g/mol. The van der Waals surface area contributed by atoms with Crippen LogP contribution in [0.1, 0.15) is 23.5 Å².